The third-order valence-electron chi connectivity index (χ3n) is 4.96. The molecule has 1 fully saturated rings. The number of urea groups is 1. The third-order valence-corrected chi connectivity index (χ3v) is 5.22. The molecule has 3 rings (SSSR count). The van der Waals surface area contributed by atoms with Crippen molar-refractivity contribution in [1.29, 1.82) is 5.26 Å². The van der Waals surface area contributed by atoms with Crippen molar-refractivity contribution in [3.63, 3.8) is 0 Å². The molecule has 1 aliphatic rings. The van der Waals surface area contributed by atoms with Crippen molar-refractivity contribution in [3.05, 3.63) is 64.7 Å². The molecule has 0 radical (unpaired) electrons. The lowest BCUT2D eigenvalue weighted by Gasteiger charge is -2.35. The van der Waals surface area contributed by atoms with E-state index in [1.54, 1.807) is 30.3 Å². The summed E-state index contributed by atoms with van der Waals surface area (Å²) in [5, 5.41) is 12.8. The first kappa shape index (κ1) is 18.3. The van der Waals surface area contributed by atoms with Gasteiger partial charge in [-0.3, -0.25) is 0 Å². The van der Waals surface area contributed by atoms with Gasteiger partial charge in [-0.2, -0.15) is 5.26 Å². The van der Waals surface area contributed by atoms with E-state index in [0.717, 1.165) is 36.9 Å². The molecule has 2 aromatic carbocycles. The topological polar surface area (TPSA) is 56.1 Å². The highest BCUT2D eigenvalue weighted by molar-refractivity contribution is 6.30. The molecule has 0 saturated heterocycles. The molecule has 0 heterocycles. The maximum absolute atomic E-state index is 13.1. The molecule has 26 heavy (non-hydrogen) atoms. The van der Waals surface area contributed by atoms with Gasteiger partial charge >= 0.3 is 6.03 Å². The van der Waals surface area contributed by atoms with E-state index in [4.69, 9.17) is 16.9 Å². The normalized spacial score (nSPS) is 15.3. The number of benzene rings is 2. The molecule has 0 aliphatic heterocycles. The number of carbonyl (C=O) groups is 1. The fourth-order valence-electron chi connectivity index (χ4n) is 3.59. The summed E-state index contributed by atoms with van der Waals surface area (Å²) < 4.78 is 0. The van der Waals surface area contributed by atoms with Crippen LogP contribution in [0.1, 0.15) is 49.8 Å². The summed E-state index contributed by atoms with van der Waals surface area (Å²) in [6.45, 7) is 2.02. The van der Waals surface area contributed by atoms with Gasteiger partial charge < -0.3 is 10.2 Å². The molecule has 2 aromatic rings. The predicted octanol–water partition coefficient (Wildman–Crippen LogP) is 5.75. The molecule has 5 heteroatoms. The van der Waals surface area contributed by atoms with E-state index < -0.39 is 0 Å². The lowest BCUT2D eigenvalue weighted by molar-refractivity contribution is 0.162. The van der Waals surface area contributed by atoms with E-state index in [-0.39, 0.29) is 18.1 Å². The van der Waals surface area contributed by atoms with E-state index in [9.17, 15) is 4.79 Å². The van der Waals surface area contributed by atoms with Gasteiger partial charge in [0.2, 0.25) is 0 Å². The first-order valence-corrected chi connectivity index (χ1v) is 9.31. The van der Waals surface area contributed by atoms with Crippen molar-refractivity contribution < 1.29 is 4.79 Å². The maximum Gasteiger partial charge on any atom is 0.322 e. The maximum atomic E-state index is 13.1. The lowest BCUT2D eigenvalue weighted by Crippen LogP contribution is -2.43. The Morgan fingerprint density at radius 1 is 1.23 bits per heavy atom. The van der Waals surface area contributed by atoms with Crippen LogP contribution in [-0.4, -0.2) is 17.0 Å². The number of nitrogens with zero attached hydrogens (tertiary/aromatic N) is 2. The standard InChI is InChI=1S/C21H22ClN3O/c1-15(17-6-4-5-16(13-17)14-23)25(20-7-2-3-8-20)21(26)24-19-11-9-18(22)10-12-19/h4-6,9-13,15,20H,2-3,7-8H2,1H3,(H,24,26)/t15-/m0/s1. The van der Waals surface area contributed by atoms with Crippen LogP contribution < -0.4 is 5.32 Å². The van der Waals surface area contributed by atoms with E-state index in [1.165, 1.54) is 0 Å². The Balaban J connectivity index is 1.85. The second kappa shape index (κ2) is 8.25. The van der Waals surface area contributed by atoms with Crippen LogP contribution in [-0.2, 0) is 0 Å². The summed E-state index contributed by atoms with van der Waals surface area (Å²) in [6, 6.07) is 16.8. The summed E-state index contributed by atoms with van der Waals surface area (Å²) in [5.74, 6) is 0. The molecule has 0 aromatic heterocycles. The van der Waals surface area contributed by atoms with Crippen LogP contribution in [0, 0.1) is 11.3 Å². The number of hydrogen-bond donors (Lipinski definition) is 1. The van der Waals surface area contributed by atoms with Gasteiger partial charge in [-0.25, -0.2) is 4.79 Å². The zero-order chi connectivity index (χ0) is 18.5. The number of amides is 2. The first-order valence-electron chi connectivity index (χ1n) is 8.93. The Labute approximate surface area is 159 Å². The largest absolute Gasteiger partial charge is 0.322 e. The second-order valence-electron chi connectivity index (χ2n) is 6.70. The van der Waals surface area contributed by atoms with Gasteiger partial charge in [-0.1, -0.05) is 36.6 Å². The highest BCUT2D eigenvalue weighted by Gasteiger charge is 2.31. The number of halogens is 1. The minimum Gasteiger partial charge on any atom is -0.315 e. The summed E-state index contributed by atoms with van der Waals surface area (Å²) in [4.78, 5) is 15.0. The zero-order valence-corrected chi connectivity index (χ0v) is 15.5. The van der Waals surface area contributed by atoms with Crippen molar-refractivity contribution in [1.82, 2.24) is 4.90 Å². The SMILES string of the molecule is C[C@@H](c1cccc(C#N)c1)N(C(=O)Nc1ccc(Cl)cc1)C1CCCC1. The van der Waals surface area contributed by atoms with Crippen LogP contribution in [0.5, 0.6) is 0 Å². The van der Waals surface area contributed by atoms with Crippen LogP contribution in [0.2, 0.25) is 5.02 Å². The number of carbonyl (C=O) groups excluding carboxylic acids is 1. The number of nitrogens with one attached hydrogen (secondary N) is 1. The summed E-state index contributed by atoms with van der Waals surface area (Å²) in [5.41, 5.74) is 2.31. The highest BCUT2D eigenvalue weighted by atomic mass is 35.5. The summed E-state index contributed by atoms with van der Waals surface area (Å²) >= 11 is 5.92. The highest BCUT2D eigenvalue weighted by Crippen LogP contribution is 2.32. The van der Waals surface area contributed by atoms with Gasteiger partial charge in [0.25, 0.3) is 0 Å². The average Bonchev–Trinajstić information content (AvgIpc) is 3.18. The molecule has 1 atom stereocenters. The number of nitriles is 1. The molecule has 134 valence electrons. The van der Waals surface area contributed by atoms with Crippen molar-refractivity contribution in [2.75, 3.05) is 5.32 Å². The molecular formula is C21H22ClN3O. The molecule has 0 unspecified atom stereocenters. The Morgan fingerprint density at radius 3 is 2.58 bits per heavy atom. The van der Waals surface area contributed by atoms with Crippen LogP contribution >= 0.6 is 11.6 Å². The molecule has 1 saturated carbocycles. The molecule has 2 amide bonds. The van der Waals surface area contributed by atoms with Crippen LogP contribution in [0.15, 0.2) is 48.5 Å². The molecule has 1 aliphatic carbocycles. The molecule has 4 nitrogen and oxygen atoms in total. The molecule has 0 spiro atoms. The predicted molar refractivity (Wildman–Crippen MR) is 104 cm³/mol. The number of rotatable bonds is 4. The Hall–Kier alpha value is -2.51. The van der Waals surface area contributed by atoms with Crippen molar-refractivity contribution in [3.8, 4) is 6.07 Å². The molecular weight excluding hydrogens is 346 g/mol. The van der Waals surface area contributed by atoms with E-state index >= 15 is 0 Å². The summed E-state index contributed by atoms with van der Waals surface area (Å²) in [7, 11) is 0. The van der Waals surface area contributed by atoms with Crippen molar-refractivity contribution in [2.24, 2.45) is 0 Å². The Kier molecular flexibility index (Phi) is 5.80. The molecule has 1 N–H and O–H groups in total. The smallest absolute Gasteiger partial charge is 0.315 e. The third kappa shape index (κ3) is 4.17. The van der Waals surface area contributed by atoms with Crippen molar-refractivity contribution >= 4 is 23.3 Å². The lowest BCUT2D eigenvalue weighted by atomic mass is 10.0. The minimum absolute atomic E-state index is 0.112. The van der Waals surface area contributed by atoms with Gasteiger partial charge in [0, 0.05) is 16.8 Å². The van der Waals surface area contributed by atoms with E-state index in [0.29, 0.717) is 10.6 Å². The van der Waals surface area contributed by atoms with Crippen LogP contribution in [0.3, 0.4) is 0 Å². The fraction of sp³-hybridized carbons (Fsp3) is 0.333. The van der Waals surface area contributed by atoms with Crippen molar-refractivity contribution in [2.45, 2.75) is 44.7 Å². The monoisotopic (exact) mass is 367 g/mol. The summed E-state index contributed by atoms with van der Waals surface area (Å²) in [6.07, 6.45) is 4.30. The fourth-order valence-corrected chi connectivity index (χ4v) is 3.72. The number of hydrogen-bond acceptors (Lipinski definition) is 2. The van der Waals surface area contributed by atoms with E-state index in [2.05, 4.69) is 11.4 Å². The van der Waals surface area contributed by atoms with Gasteiger partial charge in [0.15, 0.2) is 0 Å². The van der Waals surface area contributed by atoms with Crippen LogP contribution in [0.25, 0.3) is 0 Å². The average molecular weight is 368 g/mol. The Bertz CT molecular complexity index is 807. The Morgan fingerprint density at radius 2 is 1.92 bits per heavy atom. The van der Waals surface area contributed by atoms with Crippen LogP contribution in [0.4, 0.5) is 10.5 Å². The quantitative estimate of drug-likeness (QED) is 0.747. The van der Waals surface area contributed by atoms with Gasteiger partial charge in [0.05, 0.1) is 17.7 Å². The van der Waals surface area contributed by atoms with Gasteiger partial charge in [-0.05, 0) is 61.7 Å². The number of anilines is 1. The first-order chi connectivity index (χ1) is 12.6. The second-order valence-corrected chi connectivity index (χ2v) is 7.13. The van der Waals surface area contributed by atoms with Gasteiger partial charge in [-0.15, -0.1) is 0 Å². The minimum atomic E-state index is -0.117. The van der Waals surface area contributed by atoms with E-state index in [1.807, 2.05) is 30.0 Å². The molecule has 0 bridgehead atoms. The van der Waals surface area contributed by atoms with Gasteiger partial charge in [0.1, 0.15) is 0 Å². The zero-order valence-electron chi connectivity index (χ0n) is 14.8.